The second-order valence-electron chi connectivity index (χ2n) is 5.32. The largest absolute Gasteiger partial charge is 0.408 e. The third-order valence-corrected chi connectivity index (χ3v) is 3.54. The molecule has 1 unspecified atom stereocenters. The van der Waals surface area contributed by atoms with E-state index >= 15 is 0 Å². The summed E-state index contributed by atoms with van der Waals surface area (Å²) in [7, 11) is 0. The van der Waals surface area contributed by atoms with Gasteiger partial charge in [-0.25, -0.2) is 4.98 Å². The van der Waals surface area contributed by atoms with E-state index in [4.69, 9.17) is 0 Å². The third kappa shape index (κ3) is 2.62. The van der Waals surface area contributed by atoms with Crippen LogP contribution in [0.25, 0.3) is 5.65 Å². The summed E-state index contributed by atoms with van der Waals surface area (Å²) in [5.41, 5.74) is -0.0566. The van der Waals surface area contributed by atoms with Crippen molar-refractivity contribution in [1.82, 2.24) is 19.7 Å². The summed E-state index contributed by atoms with van der Waals surface area (Å²) in [5, 5.41) is 1.91. The van der Waals surface area contributed by atoms with Gasteiger partial charge in [-0.15, -0.1) is 0 Å². The van der Waals surface area contributed by atoms with Crippen molar-refractivity contribution < 1.29 is 22.4 Å². The molecule has 0 bridgehead atoms. The summed E-state index contributed by atoms with van der Waals surface area (Å²) in [4.78, 5) is 19.4. The molecule has 0 aliphatic heterocycles. The monoisotopic (exact) mass is 316 g/mol. The van der Waals surface area contributed by atoms with E-state index in [2.05, 4.69) is 9.97 Å². The van der Waals surface area contributed by atoms with Crippen LogP contribution in [0.2, 0.25) is 0 Å². The Kier molecular flexibility index (Phi) is 3.30. The maximum absolute atomic E-state index is 13.7. The van der Waals surface area contributed by atoms with Crippen LogP contribution in [0.15, 0.2) is 12.3 Å². The lowest BCUT2D eigenvalue weighted by molar-refractivity contribution is -0.158. The molecule has 2 aromatic rings. The second-order valence-corrected chi connectivity index (χ2v) is 5.32. The standard InChI is InChI=1S/C13H12F4N4O/c1-6-4-5-21-10(18-6)8(19-12(21)14)11(22)20-9(7-2-3-7)13(15,16)17/h4-5,7,9H,2-3H2,1H3,(H,20,22). The Morgan fingerprint density at radius 1 is 1.41 bits per heavy atom. The molecule has 22 heavy (non-hydrogen) atoms. The van der Waals surface area contributed by atoms with Crippen LogP contribution < -0.4 is 5.32 Å². The van der Waals surface area contributed by atoms with E-state index in [1.54, 1.807) is 6.92 Å². The highest BCUT2D eigenvalue weighted by molar-refractivity contribution is 5.98. The van der Waals surface area contributed by atoms with Gasteiger partial charge in [0, 0.05) is 11.9 Å². The van der Waals surface area contributed by atoms with E-state index in [1.165, 1.54) is 12.3 Å². The molecule has 0 saturated heterocycles. The van der Waals surface area contributed by atoms with Crippen molar-refractivity contribution in [1.29, 1.82) is 0 Å². The van der Waals surface area contributed by atoms with Crippen LogP contribution in [-0.4, -0.2) is 32.5 Å². The highest BCUT2D eigenvalue weighted by Crippen LogP contribution is 2.40. The molecule has 9 heteroatoms. The zero-order valence-corrected chi connectivity index (χ0v) is 11.5. The first-order valence-corrected chi connectivity index (χ1v) is 6.66. The predicted molar refractivity (Wildman–Crippen MR) is 67.7 cm³/mol. The van der Waals surface area contributed by atoms with Crippen LogP contribution in [0.4, 0.5) is 17.6 Å². The van der Waals surface area contributed by atoms with Gasteiger partial charge < -0.3 is 5.32 Å². The SMILES string of the molecule is Cc1ccn2c(F)nc(C(=O)NC(C3CC3)C(F)(F)F)c2n1. The number of hydrogen-bond acceptors (Lipinski definition) is 3. The quantitative estimate of drug-likeness (QED) is 0.884. The van der Waals surface area contributed by atoms with Gasteiger partial charge in [0.2, 0.25) is 0 Å². The number of nitrogens with zero attached hydrogens (tertiary/aromatic N) is 3. The van der Waals surface area contributed by atoms with Gasteiger partial charge >= 0.3 is 6.18 Å². The first kappa shape index (κ1) is 14.7. The highest BCUT2D eigenvalue weighted by Gasteiger charge is 2.50. The summed E-state index contributed by atoms with van der Waals surface area (Å²) >= 11 is 0. The van der Waals surface area contributed by atoms with Crippen molar-refractivity contribution in [3.8, 4) is 0 Å². The van der Waals surface area contributed by atoms with Gasteiger partial charge in [-0.1, -0.05) is 0 Å². The molecule has 3 rings (SSSR count). The fourth-order valence-electron chi connectivity index (χ4n) is 2.28. The normalized spacial score (nSPS) is 16.8. The minimum atomic E-state index is -4.55. The lowest BCUT2D eigenvalue weighted by atomic mass is 10.1. The van der Waals surface area contributed by atoms with E-state index in [9.17, 15) is 22.4 Å². The number of aryl methyl sites for hydroxylation is 1. The van der Waals surface area contributed by atoms with Gasteiger partial charge in [0.25, 0.3) is 12.0 Å². The van der Waals surface area contributed by atoms with E-state index in [0.29, 0.717) is 18.5 Å². The van der Waals surface area contributed by atoms with Gasteiger partial charge in [-0.2, -0.15) is 22.5 Å². The molecular weight excluding hydrogens is 304 g/mol. The number of carbonyl (C=O) groups is 1. The van der Waals surface area contributed by atoms with Crippen LogP contribution in [-0.2, 0) is 0 Å². The van der Waals surface area contributed by atoms with Gasteiger partial charge in [0.05, 0.1) is 0 Å². The van der Waals surface area contributed by atoms with Crippen molar-refractivity contribution >= 4 is 11.6 Å². The highest BCUT2D eigenvalue weighted by atomic mass is 19.4. The molecule has 1 fully saturated rings. The predicted octanol–water partition coefficient (Wildman–Crippen LogP) is 2.25. The van der Waals surface area contributed by atoms with E-state index < -0.39 is 35.8 Å². The maximum Gasteiger partial charge on any atom is 0.408 e. The molecule has 0 radical (unpaired) electrons. The molecule has 1 N–H and O–H groups in total. The van der Waals surface area contributed by atoms with E-state index in [1.807, 2.05) is 5.32 Å². The zero-order chi connectivity index (χ0) is 16.1. The number of aromatic nitrogens is 3. The Labute approximate surface area is 122 Å². The third-order valence-electron chi connectivity index (χ3n) is 3.54. The topological polar surface area (TPSA) is 59.3 Å². The molecule has 118 valence electrons. The average molecular weight is 316 g/mol. The summed E-state index contributed by atoms with van der Waals surface area (Å²) < 4.78 is 53.4. The molecule has 1 atom stereocenters. The minimum absolute atomic E-state index is 0.105. The van der Waals surface area contributed by atoms with Crippen LogP contribution in [0.5, 0.6) is 0 Å². The molecule has 1 saturated carbocycles. The molecular formula is C13H12F4N4O. The molecule has 2 aromatic heterocycles. The first-order valence-electron chi connectivity index (χ1n) is 6.66. The fourth-order valence-corrected chi connectivity index (χ4v) is 2.28. The Morgan fingerprint density at radius 3 is 2.68 bits per heavy atom. The van der Waals surface area contributed by atoms with Gasteiger partial charge in [-0.05, 0) is 31.7 Å². The van der Waals surface area contributed by atoms with Gasteiger partial charge in [0.1, 0.15) is 6.04 Å². The molecule has 5 nitrogen and oxygen atoms in total. The minimum Gasteiger partial charge on any atom is -0.339 e. The lowest BCUT2D eigenvalue weighted by Gasteiger charge is -2.20. The Balaban J connectivity index is 1.93. The van der Waals surface area contributed by atoms with Crippen molar-refractivity contribution in [3.63, 3.8) is 0 Å². The Morgan fingerprint density at radius 2 is 2.09 bits per heavy atom. The number of hydrogen-bond donors (Lipinski definition) is 1. The molecule has 1 aliphatic carbocycles. The summed E-state index contributed by atoms with van der Waals surface area (Å²) in [5.74, 6) is -1.70. The van der Waals surface area contributed by atoms with Crippen molar-refractivity contribution in [3.05, 3.63) is 29.7 Å². The number of imidazole rings is 1. The van der Waals surface area contributed by atoms with Crippen molar-refractivity contribution in [2.75, 3.05) is 0 Å². The number of rotatable bonds is 3. The Hall–Kier alpha value is -2.19. The van der Waals surface area contributed by atoms with Crippen molar-refractivity contribution in [2.45, 2.75) is 32.0 Å². The van der Waals surface area contributed by atoms with E-state index in [-0.39, 0.29) is 5.65 Å². The number of alkyl halides is 3. The molecule has 0 aromatic carbocycles. The molecule has 1 amide bonds. The Bertz CT molecular complexity index is 735. The van der Waals surface area contributed by atoms with Gasteiger partial charge in [-0.3, -0.25) is 9.20 Å². The zero-order valence-electron chi connectivity index (χ0n) is 11.5. The van der Waals surface area contributed by atoms with Crippen molar-refractivity contribution in [2.24, 2.45) is 5.92 Å². The lowest BCUT2D eigenvalue weighted by Crippen LogP contribution is -2.47. The fraction of sp³-hybridized carbons (Fsp3) is 0.462. The summed E-state index contributed by atoms with van der Waals surface area (Å²) in [6, 6.07) is -0.438. The number of halogens is 4. The number of amides is 1. The molecule has 1 aliphatic rings. The van der Waals surface area contributed by atoms with E-state index in [0.717, 1.165) is 4.40 Å². The van der Waals surface area contributed by atoms with Crippen LogP contribution in [0, 0.1) is 18.9 Å². The number of carbonyl (C=O) groups excluding carboxylic acids is 1. The van der Waals surface area contributed by atoms with Crippen LogP contribution in [0.1, 0.15) is 29.0 Å². The van der Waals surface area contributed by atoms with Crippen LogP contribution in [0.3, 0.4) is 0 Å². The average Bonchev–Trinajstić information content (AvgIpc) is 3.19. The number of nitrogens with one attached hydrogen (secondary N) is 1. The number of fused-ring (bicyclic) bond motifs is 1. The summed E-state index contributed by atoms with van der Waals surface area (Å²) in [6.45, 7) is 1.62. The molecule has 2 heterocycles. The van der Waals surface area contributed by atoms with Gasteiger partial charge in [0.15, 0.2) is 11.3 Å². The van der Waals surface area contributed by atoms with Crippen LogP contribution >= 0.6 is 0 Å². The second kappa shape index (κ2) is 4.92. The smallest absolute Gasteiger partial charge is 0.339 e. The molecule has 0 spiro atoms. The summed E-state index contributed by atoms with van der Waals surface area (Å²) in [6.07, 6.45) is -3.42. The first-order chi connectivity index (χ1) is 10.3. The maximum atomic E-state index is 13.7.